The van der Waals surface area contributed by atoms with Crippen LogP contribution in [0.2, 0.25) is 0 Å². The number of carboxylic acids is 4. The molecule has 0 saturated carbocycles. The first-order chi connectivity index (χ1) is 30.0. The molecule has 0 radical (unpaired) electrons. The Labute approximate surface area is 365 Å². The molecule has 0 fully saturated rings. The molecule has 0 aromatic heterocycles. The Morgan fingerprint density at radius 1 is 0.397 bits per heavy atom. The largest absolute Gasteiger partial charge is 0.481 e. The number of primary amides is 1. The molecule has 0 bridgehead atoms. The normalized spacial score (nSPS) is 12.3. The summed E-state index contributed by atoms with van der Waals surface area (Å²) in [4.78, 5) is 116. The van der Waals surface area contributed by atoms with Crippen molar-refractivity contribution < 1.29 is 87.3 Å². The average molecular weight is 907 g/mol. The Kier molecular flexibility index (Phi) is 33.9. The number of hydrogen-bond acceptors (Lipinski definition) is 14. The molecule has 24 nitrogen and oxygen atoms in total. The highest BCUT2D eigenvalue weighted by atomic mass is 16.5. The van der Waals surface area contributed by atoms with E-state index in [1.54, 1.807) is 0 Å². The second-order valence-corrected chi connectivity index (χ2v) is 14.2. The smallest absolute Gasteiger partial charge is 0.326 e. The van der Waals surface area contributed by atoms with E-state index in [-0.39, 0.29) is 104 Å². The molecule has 0 rings (SSSR count). The summed E-state index contributed by atoms with van der Waals surface area (Å²) in [6, 6.07) is -4.04. The average Bonchev–Trinajstić information content (AvgIpc) is 3.21. The maximum Gasteiger partial charge on any atom is 0.326 e. The zero-order valence-electron chi connectivity index (χ0n) is 35.7. The van der Waals surface area contributed by atoms with Crippen LogP contribution in [0.3, 0.4) is 0 Å². The number of nitrogens with two attached hydrogens (primary N) is 1. The number of ether oxygens (including phenoxy) is 4. The van der Waals surface area contributed by atoms with Gasteiger partial charge in [-0.25, -0.2) is 14.4 Å². The Morgan fingerprint density at radius 3 is 1.22 bits per heavy atom. The molecule has 0 aliphatic carbocycles. The van der Waals surface area contributed by atoms with Crippen molar-refractivity contribution in [3.05, 3.63) is 0 Å². The van der Waals surface area contributed by atoms with Crippen LogP contribution < -0.4 is 32.3 Å². The summed E-state index contributed by atoms with van der Waals surface area (Å²) in [5.41, 5.74) is 4.99. The minimum atomic E-state index is -1.46. The lowest BCUT2D eigenvalue weighted by atomic mass is 10.1. The summed E-state index contributed by atoms with van der Waals surface area (Å²) in [6.45, 7) is 0.0227. The lowest BCUT2D eigenvalue weighted by molar-refractivity contribution is -0.144. The maximum atomic E-state index is 12.2. The van der Waals surface area contributed by atoms with Gasteiger partial charge in [0.1, 0.15) is 31.3 Å². The van der Waals surface area contributed by atoms with Gasteiger partial charge in [-0.1, -0.05) is 38.5 Å². The summed E-state index contributed by atoms with van der Waals surface area (Å²) in [6.07, 6.45) is 5.75. The van der Waals surface area contributed by atoms with Crippen molar-refractivity contribution in [2.45, 2.75) is 121 Å². The molecule has 6 amide bonds. The van der Waals surface area contributed by atoms with Crippen molar-refractivity contribution in [1.29, 1.82) is 0 Å². The quantitative estimate of drug-likeness (QED) is 0.0322. The Hall–Kier alpha value is -5.46. The molecule has 63 heavy (non-hydrogen) atoms. The van der Waals surface area contributed by atoms with Crippen LogP contribution in [0.4, 0.5) is 0 Å². The van der Waals surface area contributed by atoms with Crippen LogP contribution in [-0.4, -0.2) is 164 Å². The van der Waals surface area contributed by atoms with Crippen LogP contribution >= 0.6 is 0 Å². The predicted octanol–water partition coefficient (Wildman–Crippen LogP) is -1.20. The van der Waals surface area contributed by atoms with Gasteiger partial charge in [0.25, 0.3) is 0 Å². The number of nitrogens with one attached hydrogen (secondary N) is 5. The van der Waals surface area contributed by atoms with Crippen LogP contribution in [-0.2, 0) is 66.9 Å². The molecule has 11 N–H and O–H groups in total. The van der Waals surface area contributed by atoms with Gasteiger partial charge >= 0.3 is 23.9 Å². The second kappa shape index (κ2) is 37.1. The first kappa shape index (κ1) is 57.5. The van der Waals surface area contributed by atoms with Gasteiger partial charge in [-0.15, -0.1) is 0 Å². The van der Waals surface area contributed by atoms with Crippen molar-refractivity contribution in [2.24, 2.45) is 5.73 Å². The summed E-state index contributed by atoms with van der Waals surface area (Å²) < 4.78 is 21.0. The van der Waals surface area contributed by atoms with Crippen molar-refractivity contribution in [3.63, 3.8) is 0 Å². The number of unbranched alkanes of at least 4 members (excludes halogenated alkanes) is 7. The van der Waals surface area contributed by atoms with Gasteiger partial charge in [-0.2, -0.15) is 0 Å². The molecule has 360 valence electrons. The van der Waals surface area contributed by atoms with Gasteiger partial charge in [0.05, 0.1) is 39.6 Å². The van der Waals surface area contributed by atoms with Crippen molar-refractivity contribution in [1.82, 2.24) is 26.6 Å². The fourth-order valence-corrected chi connectivity index (χ4v) is 5.44. The monoisotopic (exact) mass is 906 g/mol. The molecule has 0 aromatic carbocycles. The van der Waals surface area contributed by atoms with Gasteiger partial charge in [0.15, 0.2) is 0 Å². The summed E-state index contributed by atoms with van der Waals surface area (Å²) in [7, 11) is 0. The molecule has 3 atom stereocenters. The Bertz CT molecular complexity index is 1430. The van der Waals surface area contributed by atoms with Gasteiger partial charge in [0.2, 0.25) is 35.4 Å². The highest BCUT2D eigenvalue weighted by Gasteiger charge is 2.25. The maximum absolute atomic E-state index is 12.2. The first-order valence-electron chi connectivity index (χ1n) is 20.9. The molecule has 24 heteroatoms. The number of carbonyl (C=O) groups excluding carboxylic acids is 6. The van der Waals surface area contributed by atoms with E-state index in [4.69, 9.17) is 34.9 Å². The number of carbonyl (C=O) groups is 10. The van der Waals surface area contributed by atoms with Gasteiger partial charge in [-0.05, 0) is 32.1 Å². The van der Waals surface area contributed by atoms with Crippen LogP contribution in [0.15, 0.2) is 0 Å². The third-order valence-electron chi connectivity index (χ3n) is 8.79. The number of amides is 6. The molecular weight excluding hydrogens is 840 g/mol. The standard InChI is InChI=1S/C39H66N6O18/c40-30(46)14-11-27(37(54)55)44-33(49)16-13-29(39(58)59)45-35(51)26-63-24-22-61-20-18-42-34(50)25-62-23-21-60-19-17-41-31(47)15-12-28(38(56)57)43-32(48)9-7-5-3-1-2-4-6-8-10-36(52)53/h27-29H,1-26H2,(H2,40,46)(H,41,47)(H,42,50)(H,43,48)(H,44,49)(H,45,51)(H,52,53)(H,54,55)(H,56,57)(H,58,59)/t27-,28-,29-/m0/s1. The molecule has 0 unspecified atom stereocenters. The van der Waals surface area contributed by atoms with Crippen molar-refractivity contribution in [3.8, 4) is 0 Å². The minimum Gasteiger partial charge on any atom is -0.481 e. The summed E-state index contributed by atoms with van der Waals surface area (Å²) >= 11 is 0. The van der Waals surface area contributed by atoms with Gasteiger partial charge < -0.3 is 71.7 Å². The molecule has 0 heterocycles. The number of hydrogen-bond donors (Lipinski definition) is 10. The minimum absolute atomic E-state index is 0.0361. The van der Waals surface area contributed by atoms with E-state index in [0.29, 0.717) is 12.8 Å². The van der Waals surface area contributed by atoms with Crippen LogP contribution in [0.5, 0.6) is 0 Å². The predicted molar refractivity (Wildman–Crippen MR) is 219 cm³/mol. The van der Waals surface area contributed by atoms with E-state index in [1.165, 1.54) is 0 Å². The van der Waals surface area contributed by atoms with E-state index < -0.39 is 90.5 Å². The third kappa shape index (κ3) is 35.8. The topological polar surface area (TPSA) is 375 Å². The SMILES string of the molecule is NC(=O)CC[C@H](NC(=O)CC[C@H](NC(=O)COCCOCCNC(=O)COCCOCCNC(=O)CC[C@H](NC(=O)CCCCCCCCCCC(=O)O)C(=O)O)C(=O)O)C(=O)O. The van der Waals surface area contributed by atoms with E-state index in [2.05, 4.69) is 26.6 Å². The van der Waals surface area contributed by atoms with Crippen LogP contribution in [0, 0.1) is 0 Å². The zero-order valence-corrected chi connectivity index (χ0v) is 35.7. The van der Waals surface area contributed by atoms with E-state index in [1.807, 2.05) is 0 Å². The lowest BCUT2D eigenvalue weighted by Crippen LogP contribution is -2.45. The highest BCUT2D eigenvalue weighted by molar-refractivity contribution is 5.87. The van der Waals surface area contributed by atoms with E-state index in [9.17, 15) is 58.2 Å². The fraction of sp³-hybridized carbons (Fsp3) is 0.744. The third-order valence-corrected chi connectivity index (χ3v) is 8.79. The van der Waals surface area contributed by atoms with Gasteiger partial charge in [0, 0.05) is 45.2 Å². The number of aliphatic carboxylic acids is 4. The summed E-state index contributed by atoms with van der Waals surface area (Å²) in [5.74, 6) is -8.38. The number of carboxylic acid groups (broad SMARTS) is 4. The van der Waals surface area contributed by atoms with Crippen molar-refractivity contribution >= 4 is 59.3 Å². The fourth-order valence-electron chi connectivity index (χ4n) is 5.44. The molecule has 0 aromatic rings. The summed E-state index contributed by atoms with van der Waals surface area (Å²) in [5, 5.41) is 48.6. The number of rotatable bonds is 42. The molecule has 0 saturated heterocycles. The lowest BCUT2D eigenvalue weighted by Gasteiger charge is -2.16. The Balaban J connectivity index is 3.90. The molecule has 0 aliphatic rings. The molecule has 0 spiro atoms. The highest BCUT2D eigenvalue weighted by Crippen LogP contribution is 2.11. The van der Waals surface area contributed by atoms with E-state index in [0.717, 1.165) is 38.5 Å². The van der Waals surface area contributed by atoms with Gasteiger partial charge in [-0.3, -0.25) is 33.6 Å². The zero-order chi connectivity index (χ0) is 47.3. The first-order valence-corrected chi connectivity index (χ1v) is 20.9. The molecule has 0 aliphatic heterocycles. The molecular formula is C39H66N6O18. The van der Waals surface area contributed by atoms with Crippen molar-refractivity contribution in [2.75, 3.05) is 65.9 Å². The van der Waals surface area contributed by atoms with Crippen LogP contribution in [0.25, 0.3) is 0 Å². The van der Waals surface area contributed by atoms with Crippen LogP contribution in [0.1, 0.15) is 103 Å². The van der Waals surface area contributed by atoms with E-state index >= 15 is 0 Å². The Morgan fingerprint density at radius 2 is 0.762 bits per heavy atom. The second-order valence-electron chi connectivity index (χ2n) is 14.2.